The smallest absolute Gasteiger partial charge is 0.286 e. The summed E-state index contributed by atoms with van der Waals surface area (Å²) in [7, 11) is 0. The lowest BCUT2D eigenvalue weighted by Crippen LogP contribution is -2.47. The second kappa shape index (κ2) is 10.2. The number of aromatic nitrogens is 1. The van der Waals surface area contributed by atoms with E-state index < -0.39 is 17.7 Å². The number of pyridine rings is 1. The first-order chi connectivity index (χ1) is 13.0. The Kier molecular flexibility index (Phi) is 7.69. The molecule has 1 aromatic carbocycles. The summed E-state index contributed by atoms with van der Waals surface area (Å²) in [6, 6.07) is 10.7. The summed E-state index contributed by atoms with van der Waals surface area (Å²) in [5.41, 5.74) is 5.54. The van der Waals surface area contributed by atoms with Crippen molar-refractivity contribution in [1.29, 1.82) is 0 Å². The van der Waals surface area contributed by atoms with Gasteiger partial charge >= 0.3 is 0 Å². The minimum absolute atomic E-state index is 0.136. The third kappa shape index (κ3) is 6.03. The van der Waals surface area contributed by atoms with E-state index in [0.29, 0.717) is 17.0 Å². The molecule has 0 unspecified atom stereocenters. The van der Waals surface area contributed by atoms with Crippen LogP contribution in [-0.2, 0) is 9.59 Å². The van der Waals surface area contributed by atoms with Gasteiger partial charge < -0.3 is 0 Å². The second-order valence-electron chi connectivity index (χ2n) is 6.25. The van der Waals surface area contributed by atoms with Crippen molar-refractivity contribution in [2.24, 2.45) is 5.92 Å². The topological polar surface area (TPSA) is 112 Å². The number of amides is 3. The molecule has 2 rings (SSSR count). The molecule has 0 saturated carbocycles. The van der Waals surface area contributed by atoms with Crippen LogP contribution in [0.3, 0.4) is 0 Å². The van der Waals surface area contributed by atoms with Crippen LogP contribution in [0.15, 0.2) is 36.4 Å². The molecule has 3 amide bonds. The number of rotatable bonds is 9. The molecule has 0 aliphatic carbocycles. The van der Waals surface area contributed by atoms with Crippen LogP contribution in [0.2, 0.25) is 0 Å². The average Bonchev–Trinajstić information content (AvgIpc) is 2.70. The lowest BCUT2D eigenvalue weighted by molar-refractivity contribution is -0.154. The molecule has 144 valence electrons. The Labute approximate surface area is 157 Å². The predicted molar refractivity (Wildman–Crippen MR) is 99.5 cm³/mol. The van der Waals surface area contributed by atoms with Crippen molar-refractivity contribution < 1.29 is 19.6 Å². The van der Waals surface area contributed by atoms with E-state index in [-0.39, 0.29) is 18.6 Å². The van der Waals surface area contributed by atoms with Crippen molar-refractivity contribution in [1.82, 2.24) is 20.9 Å². The van der Waals surface area contributed by atoms with Crippen molar-refractivity contribution in [3.8, 4) is 0 Å². The summed E-state index contributed by atoms with van der Waals surface area (Å²) < 4.78 is 0. The quantitative estimate of drug-likeness (QED) is 0.270. The monoisotopic (exact) mass is 372 g/mol. The Hall–Kier alpha value is -3.00. The Balaban J connectivity index is 1.96. The number of nitrogens with zero attached hydrogens (tertiary/aromatic N) is 2. The fourth-order valence-corrected chi connectivity index (χ4v) is 2.69. The number of para-hydroxylation sites is 1. The van der Waals surface area contributed by atoms with Crippen molar-refractivity contribution in [2.45, 2.75) is 32.6 Å². The van der Waals surface area contributed by atoms with Gasteiger partial charge in [0.1, 0.15) is 5.69 Å². The number of nitrogens with one attached hydrogen (secondary N) is 2. The van der Waals surface area contributed by atoms with E-state index in [1.807, 2.05) is 25.1 Å². The van der Waals surface area contributed by atoms with Gasteiger partial charge in [0.25, 0.3) is 5.91 Å². The maximum Gasteiger partial charge on any atom is 0.288 e. The van der Waals surface area contributed by atoms with Gasteiger partial charge in [0.15, 0.2) is 0 Å². The molecule has 0 saturated heterocycles. The van der Waals surface area contributed by atoms with Gasteiger partial charge in [0.05, 0.1) is 18.0 Å². The molecule has 0 aliphatic heterocycles. The summed E-state index contributed by atoms with van der Waals surface area (Å²) in [4.78, 5) is 39.5. The van der Waals surface area contributed by atoms with E-state index in [9.17, 15) is 19.6 Å². The van der Waals surface area contributed by atoms with Gasteiger partial charge in [-0.25, -0.2) is 10.0 Å². The van der Waals surface area contributed by atoms with Gasteiger partial charge in [-0.1, -0.05) is 50.5 Å². The highest BCUT2D eigenvalue weighted by Gasteiger charge is 2.21. The number of carbonyl (C=O) groups excluding carboxylic acids is 3. The summed E-state index contributed by atoms with van der Waals surface area (Å²) in [6.45, 7) is 1.90. The SMILES string of the molecule is CCCCC[C@@H](CN(O)C=O)C(=O)NNC(=O)c1ccc2ccccc2n1. The minimum atomic E-state index is -0.628. The second-order valence-corrected chi connectivity index (χ2v) is 6.25. The van der Waals surface area contributed by atoms with Crippen LogP contribution in [0, 0.1) is 5.92 Å². The fraction of sp³-hybridized carbons (Fsp3) is 0.368. The standard InChI is InChI=1S/C19H24N4O4/c1-2-3-4-8-15(12-23(27)13-24)18(25)21-22-19(26)17-11-10-14-7-5-6-9-16(14)20-17/h5-7,9-11,13,15,27H,2-4,8,12H2,1H3,(H,21,25)(H,22,26)/t15-/m0/s1. The van der Waals surface area contributed by atoms with Gasteiger partial charge in [-0.05, 0) is 18.6 Å². The zero-order chi connectivity index (χ0) is 19.6. The number of hydroxylamine groups is 2. The zero-order valence-electron chi connectivity index (χ0n) is 15.2. The molecule has 0 radical (unpaired) electrons. The molecule has 8 nitrogen and oxygen atoms in total. The molecule has 0 aliphatic rings. The van der Waals surface area contributed by atoms with E-state index in [2.05, 4.69) is 15.8 Å². The third-order valence-corrected chi connectivity index (χ3v) is 4.19. The molecule has 3 N–H and O–H groups in total. The van der Waals surface area contributed by atoms with Crippen LogP contribution < -0.4 is 10.9 Å². The van der Waals surface area contributed by atoms with Crippen molar-refractivity contribution in [3.05, 3.63) is 42.1 Å². The number of hydrogen-bond acceptors (Lipinski definition) is 5. The fourth-order valence-electron chi connectivity index (χ4n) is 2.69. The first-order valence-electron chi connectivity index (χ1n) is 8.92. The third-order valence-electron chi connectivity index (χ3n) is 4.19. The molecule has 0 fully saturated rings. The Morgan fingerprint density at radius 3 is 2.70 bits per heavy atom. The van der Waals surface area contributed by atoms with E-state index >= 15 is 0 Å². The van der Waals surface area contributed by atoms with Gasteiger partial charge in [0, 0.05) is 5.39 Å². The maximum atomic E-state index is 12.3. The van der Waals surface area contributed by atoms with Gasteiger partial charge in [0.2, 0.25) is 12.3 Å². The molecule has 27 heavy (non-hydrogen) atoms. The first kappa shape index (κ1) is 20.3. The summed E-state index contributed by atoms with van der Waals surface area (Å²) in [6.07, 6.45) is 3.44. The lowest BCUT2D eigenvalue weighted by Gasteiger charge is -2.19. The lowest BCUT2D eigenvalue weighted by atomic mass is 10.0. The van der Waals surface area contributed by atoms with E-state index in [4.69, 9.17) is 0 Å². The largest absolute Gasteiger partial charge is 0.288 e. The van der Waals surface area contributed by atoms with Crippen molar-refractivity contribution >= 4 is 29.1 Å². The molecule has 2 aromatic rings. The molecule has 1 heterocycles. The van der Waals surface area contributed by atoms with Gasteiger partial charge in [-0.3, -0.25) is 30.4 Å². The van der Waals surface area contributed by atoms with Crippen LogP contribution in [0.5, 0.6) is 0 Å². The summed E-state index contributed by atoms with van der Waals surface area (Å²) in [5, 5.41) is 10.7. The number of hydrazine groups is 1. The highest BCUT2D eigenvalue weighted by atomic mass is 16.5. The Morgan fingerprint density at radius 2 is 1.96 bits per heavy atom. The summed E-state index contributed by atoms with van der Waals surface area (Å²) in [5.74, 6) is -1.64. The molecular weight excluding hydrogens is 348 g/mol. The van der Waals surface area contributed by atoms with Gasteiger partial charge in [-0.2, -0.15) is 0 Å². The number of benzene rings is 1. The zero-order valence-corrected chi connectivity index (χ0v) is 15.2. The molecule has 1 aromatic heterocycles. The molecule has 0 bridgehead atoms. The Bertz CT molecular complexity index is 796. The number of carbonyl (C=O) groups is 3. The normalized spacial score (nSPS) is 11.6. The van der Waals surface area contributed by atoms with Crippen molar-refractivity contribution in [2.75, 3.05) is 6.54 Å². The van der Waals surface area contributed by atoms with E-state index in [1.54, 1.807) is 18.2 Å². The molecule has 8 heteroatoms. The summed E-state index contributed by atoms with van der Waals surface area (Å²) >= 11 is 0. The van der Waals surface area contributed by atoms with E-state index in [1.165, 1.54) is 0 Å². The van der Waals surface area contributed by atoms with Crippen LogP contribution >= 0.6 is 0 Å². The predicted octanol–water partition coefficient (Wildman–Crippen LogP) is 2.04. The number of fused-ring (bicyclic) bond motifs is 1. The van der Waals surface area contributed by atoms with Crippen LogP contribution in [-0.4, -0.2) is 40.0 Å². The number of unbranched alkanes of at least 4 members (excludes halogenated alkanes) is 2. The number of hydrogen-bond donors (Lipinski definition) is 3. The maximum absolute atomic E-state index is 12.3. The molecule has 1 atom stereocenters. The minimum Gasteiger partial charge on any atom is -0.286 e. The van der Waals surface area contributed by atoms with Crippen LogP contribution in [0.1, 0.15) is 43.1 Å². The Morgan fingerprint density at radius 1 is 1.19 bits per heavy atom. The average molecular weight is 372 g/mol. The van der Waals surface area contributed by atoms with Crippen LogP contribution in [0.25, 0.3) is 10.9 Å². The highest BCUT2D eigenvalue weighted by Crippen LogP contribution is 2.12. The highest BCUT2D eigenvalue weighted by molar-refractivity contribution is 5.96. The first-order valence-corrected chi connectivity index (χ1v) is 8.92. The molecule has 0 spiro atoms. The van der Waals surface area contributed by atoms with E-state index in [0.717, 1.165) is 24.6 Å². The van der Waals surface area contributed by atoms with Crippen molar-refractivity contribution in [3.63, 3.8) is 0 Å². The molecular formula is C19H24N4O4. The van der Waals surface area contributed by atoms with Gasteiger partial charge in [-0.15, -0.1) is 0 Å². The van der Waals surface area contributed by atoms with Crippen LogP contribution in [0.4, 0.5) is 0 Å².